The largest absolute Gasteiger partial charge is 0.207 e. The molecule has 12 heavy (non-hydrogen) atoms. The quantitative estimate of drug-likeness (QED) is 0.699. The second-order valence-corrected chi connectivity index (χ2v) is 3.66. The van der Waals surface area contributed by atoms with Gasteiger partial charge in [0.05, 0.1) is 0 Å². The van der Waals surface area contributed by atoms with Crippen LogP contribution < -0.4 is 0 Å². The van der Waals surface area contributed by atoms with Gasteiger partial charge in [-0.3, -0.25) is 0 Å². The smallest absolute Gasteiger partial charge is 0.123 e. The summed E-state index contributed by atoms with van der Waals surface area (Å²) < 4.78 is 12.7. The van der Waals surface area contributed by atoms with Gasteiger partial charge < -0.3 is 0 Å². The van der Waals surface area contributed by atoms with Crippen LogP contribution in [0.25, 0.3) is 0 Å². The van der Waals surface area contributed by atoms with Crippen molar-refractivity contribution < 1.29 is 4.39 Å². The first kappa shape index (κ1) is 9.72. The number of rotatable bonds is 3. The molecule has 0 atom stereocenters. The number of aryl methyl sites for hydroxylation is 2. The molecule has 0 aliphatic heterocycles. The van der Waals surface area contributed by atoms with Crippen LogP contribution in [-0.4, -0.2) is 5.33 Å². The van der Waals surface area contributed by atoms with E-state index in [9.17, 15) is 4.39 Å². The Bertz CT molecular complexity index is 258. The van der Waals surface area contributed by atoms with Crippen LogP contribution in [0.3, 0.4) is 0 Å². The van der Waals surface area contributed by atoms with Gasteiger partial charge in [-0.1, -0.05) is 22.0 Å². The van der Waals surface area contributed by atoms with Crippen molar-refractivity contribution in [3.8, 4) is 0 Å². The van der Waals surface area contributed by atoms with Gasteiger partial charge in [0.25, 0.3) is 0 Å². The molecule has 0 N–H and O–H groups in total. The van der Waals surface area contributed by atoms with E-state index in [1.807, 2.05) is 13.0 Å². The number of hydrogen-bond donors (Lipinski definition) is 0. The van der Waals surface area contributed by atoms with Crippen LogP contribution in [0.4, 0.5) is 4.39 Å². The Balaban J connectivity index is 2.72. The molecule has 0 unspecified atom stereocenters. The summed E-state index contributed by atoms with van der Waals surface area (Å²) in [5.41, 5.74) is 2.30. The van der Waals surface area contributed by atoms with Crippen molar-refractivity contribution in [2.24, 2.45) is 0 Å². The Morgan fingerprint density at radius 1 is 1.42 bits per heavy atom. The topological polar surface area (TPSA) is 0 Å². The van der Waals surface area contributed by atoms with E-state index in [1.165, 1.54) is 11.6 Å². The molecule has 0 aliphatic rings. The third-order valence-electron chi connectivity index (χ3n) is 1.88. The van der Waals surface area contributed by atoms with Crippen LogP contribution in [-0.2, 0) is 6.42 Å². The van der Waals surface area contributed by atoms with Crippen LogP contribution in [0.15, 0.2) is 18.2 Å². The van der Waals surface area contributed by atoms with Crippen molar-refractivity contribution in [2.75, 3.05) is 5.33 Å². The molecule has 1 aromatic rings. The van der Waals surface area contributed by atoms with E-state index in [1.54, 1.807) is 6.07 Å². The summed E-state index contributed by atoms with van der Waals surface area (Å²) in [7, 11) is 0. The Labute approximate surface area is 80.9 Å². The fourth-order valence-electron chi connectivity index (χ4n) is 1.20. The molecule has 0 bridgehead atoms. The lowest BCUT2D eigenvalue weighted by Gasteiger charge is -2.03. The zero-order chi connectivity index (χ0) is 8.97. The van der Waals surface area contributed by atoms with Crippen LogP contribution in [0.2, 0.25) is 0 Å². The lowest BCUT2D eigenvalue weighted by atomic mass is 10.0. The molecule has 0 radical (unpaired) electrons. The van der Waals surface area contributed by atoms with Crippen LogP contribution >= 0.6 is 15.9 Å². The summed E-state index contributed by atoms with van der Waals surface area (Å²) in [4.78, 5) is 0. The van der Waals surface area contributed by atoms with Gasteiger partial charge in [-0.25, -0.2) is 4.39 Å². The Kier molecular flexibility index (Phi) is 3.73. The van der Waals surface area contributed by atoms with E-state index in [0.717, 1.165) is 23.7 Å². The normalized spacial score (nSPS) is 10.2. The Morgan fingerprint density at radius 2 is 2.17 bits per heavy atom. The van der Waals surface area contributed by atoms with Gasteiger partial charge in [-0.2, -0.15) is 0 Å². The first-order valence-electron chi connectivity index (χ1n) is 4.05. The summed E-state index contributed by atoms with van der Waals surface area (Å²) in [6.45, 7) is 1.95. The zero-order valence-electron chi connectivity index (χ0n) is 7.11. The second kappa shape index (κ2) is 4.61. The van der Waals surface area contributed by atoms with Gasteiger partial charge in [0.15, 0.2) is 0 Å². The van der Waals surface area contributed by atoms with Gasteiger partial charge in [0.1, 0.15) is 5.82 Å². The Hall–Kier alpha value is -0.370. The first-order valence-corrected chi connectivity index (χ1v) is 5.17. The number of hydrogen-bond acceptors (Lipinski definition) is 0. The molecule has 2 heteroatoms. The van der Waals surface area contributed by atoms with E-state index >= 15 is 0 Å². The molecule has 0 amide bonds. The molecule has 0 aromatic heterocycles. The minimum atomic E-state index is -0.143. The molecule has 0 spiro atoms. The highest BCUT2D eigenvalue weighted by Gasteiger charge is 1.98. The lowest BCUT2D eigenvalue weighted by Crippen LogP contribution is -1.91. The van der Waals surface area contributed by atoms with Crippen molar-refractivity contribution >= 4 is 15.9 Å². The molecule has 0 heterocycles. The average molecular weight is 231 g/mol. The standard InChI is InChI=1S/C10H12BrF/c1-8-7-10(12)5-4-9(8)3-2-6-11/h4-5,7H,2-3,6H2,1H3. The van der Waals surface area contributed by atoms with Crippen LogP contribution in [0.5, 0.6) is 0 Å². The maximum Gasteiger partial charge on any atom is 0.123 e. The highest BCUT2D eigenvalue weighted by molar-refractivity contribution is 9.09. The first-order chi connectivity index (χ1) is 5.74. The lowest BCUT2D eigenvalue weighted by molar-refractivity contribution is 0.625. The molecule has 66 valence electrons. The van der Waals surface area contributed by atoms with Crippen molar-refractivity contribution in [3.05, 3.63) is 35.1 Å². The molecule has 1 aromatic carbocycles. The Morgan fingerprint density at radius 3 is 2.75 bits per heavy atom. The fraction of sp³-hybridized carbons (Fsp3) is 0.400. The minimum absolute atomic E-state index is 0.143. The molecule has 1 rings (SSSR count). The van der Waals surface area contributed by atoms with Crippen molar-refractivity contribution in [1.82, 2.24) is 0 Å². The van der Waals surface area contributed by atoms with Gasteiger partial charge in [-0.15, -0.1) is 0 Å². The highest BCUT2D eigenvalue weighted by Crippen LogP contribution is 2.12. The van der Waals surface area contributed by atoms with Gasteiger partial charge in [0, 0.05) is 5.33 Å². The minimum Gasteiger partial charge on any atom is -0.207 e. The van der Waals surface area contributed by atoms with Crippen LogP contribution in [0, 0.1) is 12.7 Å². The predicted octanol–water partition coefficient (Wildman–Crippen LogP) is 3.46. The SMILES string of the molecule is Cc1cc(F)ccc1CCCBr. The number of alkyl halides is 1. The van der Waals surface area contributed by atoms with Crippen LogP contribution in [0.1, 0.15) is 17.5 Å². The summed E-state index contributed by atoms with van der Waals surface area (Å²) >= 11 is 3.37. The van der Waals surface area contributed by atoms with E-state index in [4.69, 9.17) is 0 Å². The second-order valence-electron chi connectivity index (χ2n) is 2.86. The van der Waals surface area contributed by atoms with Crippen molar-refractivity contribution in [3.63, 3.8) is 0 Å². The molecule has 0 nitrogen and oxygen atoms in total. The predicted molar refractivity (Wildman–Crippen MR) is 53.3 cm³/mol. The molecule has 0 aliphatic carbocycles. The number of benzene rings is 1. The summed E-state index contributed by atoms with van der Waals surface area (Å²) in [5.74, 6) is -0.143. The molecular formula is C10H12BrF. The average Bonchev–Trinajstić information content (AvgIpc) is 2.03. The number of halogens is 2. The van der Waals surface area contributed by atoms with E-state index in [0.29, 0.717) is 0 Å². The zero-order valence-corrected chi connectivity index (χ0v) is 8.70. The van der Waals surface area contributed by atoms with E-state index in [-0.39, 0.29) is 5.82 Å². The third-order valence-corrected chi connectivity index (χ3v) is 2.45. The molecule has 0 saturated heterocycles. The highest BCUT2D eigenvalue weighted by atomic mass is 79.9. The van der Waals surface area contributed by atoms with Crippen molar-refractivity contribution in [1.29, 1.82) is 0 Å². The summed E-state index contributed by atoms with van der Waals surface area (Å²) in [5, 5.41) is 1.00. The van der Waals surface area contributed by atoms with Gasteiger partial charge in [0.2, 0.25) is 0 Å². The van der Waals surface area contributed by atoms with Crippen molar-refractivity contribution in [2.45, 2.75) is 19.8 Å². The third kappa shape index (κ3) is 2.59. The van der Waals surface area contributed by atoms with E-state index < -0.39 is 0 Å². The molecule has 0 fully saturated rings. The molecular weight excluding hydrogens is 219 g/mol. The fourth-order valence-corrected chi connectivity index (χ4v) is 1.48. The van der Waals surface area contributed by atoms with Gasteiger partial charge in [-0.05, 0) is 43.0 Å². The maximum absolute atomic E-state index is 12.7. The molecule has 0 saturated carbocycles. The monoisotopic (exact) mass is 230 g/mol. The summed E-state index contributed by atoms with van der Waals surface area (Å²) in [6.07, 6.45) is 2.13. The van der Waals surface area contributed by atoms with Gasteiger partial charge >= 0.3 is 0 Å². The maximum atomic E-state index is 12.7. The summed E-state index contributed by atoms with van der Waals surface area (Å²) in [6, 6.07) is 4.98. The van der Waals surface area contributed by atoms with E-state index in [2.05, 4.69) is 15.9 Å².